The molecule has 0 atom stereocenters. The van der Waals surface area contributed by atoms with Crippen LogP contribution in [0.2, 0.25) is 0 Å². The van der Waals surface area contributed by atoms with Crippen molar-refractivity contribution >= 4 is 29.9 Å². The van der Waals surface area contributed by atoms with Crippen molar-refractivity contribution in [2.24, 2.45) is 0 Å². The number of hydrogen-bond donors (Lipinski definition) is 1. The van der Waals surface area contributed by atoms with E-state index in [4.69, 9.17) is 26.4 Å². The first-order chi connectivity index (χ1) is 13.2. The molecule has 0 unspecified atom stereocenters. The molecule has 0 saturated carbocycles. The molecule has 1 N–H and O–H groups in total. The first-order valence-electron chi connectivity index (χ1n) is 9.39. The quantitative estimate of drug-likeness (QED) is 0.432. The molecule has 2 aliphatic rings. The van der Waals surface area contributed by atoms with E-state index in [1.807, 2.05) is 13.0 Å². The van der Waals surface area contributed by atoms with Crippen LogP contribution < -0.4 is 9.80 Å². The van der Waals surface area contributed by atoms with Crippen LogP contribution >= 0.6 is 24.0 Å². The molecule has 2 fully saturated rings. The third-order valence-electron chi connectivity index (χ3n) is 4.77. The van der Waals surface area contributed by atoms with Crippen LogP contribution in [0.1, 0.15) is 24.4 Å². The van der Waals surface area contributed by atoms with Crippen LogP contribution in [0.25, 0.3) is 0 Å². The van der Waals surface area contributed by atoms with Gasteiger partial charge >= 0.3 is 0 Å². The maximum atomic E-state index is 5.69. The Morgan fingerprint density at radius 3 is 2.78 bits per heavy atom. The van der Waals surface area contributed by atoms with Crippen LogP contribution in [0, 0.1) is 11.8 Å². The van der Waals surface area contributed by atoms with Gasteiger partial charge in [0, 0.05) is 18.8 Å². The SMILES string of the molecule is Cc1cc(SCc2nn(C[NH+]3CCOCC3)c(=S)o2)nc(N2CCCC2)n1. The Balaban J connectivity index is 1.40. The number of nitrogens with zero attached hydrogens (tertiary/aromatic N) is 5. The number of anilines is 1. The van der Waals surface area contributed by atoms with Crippen molar-refractivity contribution in [3.05, 3.63) is 22.5 Å². The third kappa shape index (κ3) is 4.87. The summed E-state index contributed by atoms with van der Waals surface area (Å²) in [6.07, 6.45) is 2.42. The number of hydrogen-bond acceptors (Lipinski definition) is 8. The smallest absolute Gasteiger partial charge is 0.291 e. The highest BCUT2D eigenvalue weighted by Crippen LogP contribution is 2.24. The van der Waals surface area contributed by atoms with Gasteiger partial charge in [0.25, 0.3) is 4.84 Å². The topological polar surface area (TPSA) is 73.7 Å². The minimum absolute atomic E-state index is 0.432. The lowest BCUT2D eigenvalue weighted by molar-refractivity contribution is -0.931. The van der Waals surface area contributed by atoms with Gasteiger partial charge in [0.15, 0.2) is 6.67 Å². The molecule has 2 aromatic heterocycles. The highest BCUT2D eigenvalue weighted by molar-refractivity contribution is 7.98. The van der Waals surface area contributed by atoms with Gasteiger partial charge in [-0.3, -0.25) is 0 Å². The maximum Gasteiger partial charge on any atom is 0.291 e. The second kappa shape index (κ2) is 8.68. The summed E-state index contributed by atoms with van der Waals surface area (Å²) in [6.45, 7) is 8.33. The van der Waals surface area contributed by atoms with E-state index >= 15 is 0 Å². The lowest BCUT2D eigenvalue weighted by Gasteiger charge is -2.22. The summed E-state index contributed by atoms with van der Waals surface area (Å²) < 4.78 is 12.9. The lowest BCUT2D eigenvalue weighted by atomic mass is 10.4. The van der Waals surface area contributed by atoms with Crippen molar-refractivity contribution < 1.29 is 14.1 Å². The fraction of sp³-hybridized carbons (Fsp3) is 0.647. The van der Waals surface area contributed by atoms with E-state index < -0.39 is 0 Å². The zero-order valence-electron chi connectivity index (χ0n) is 15.5. The number of morpholine rings is 1. The highest BCUT2D eigenvalue weighted by atomic mass is 32.2. The average molecular weight is 410 g/mol. The van der Waals surface area contributed by atoms with Crippen LogP contribution in [-0.2, 0) is 17.2 Å². The van der Waals surface area contributed by atoms with Crippen molar-refractivity contribution in [2.45, 2.75) is 37.2 Å². The Hall–Kier alpha value is -1.49. The van der Waals surface area contributed by atoms with E-state index in [1.165, 1.54) is 17.7 Å². The molecule has 10 heteroatoms. The van der Waals surface area contributed by atoms with Gasteiger partial charge in [-0.25, -0.2) is 9.97 Å². The minimum Gasteiger partial charge on any atom is -0.413 e. The molecule has 146 valence electrons. The van der Waals surface area contributed by atoms with Gasteiger partial charge in [-0.2, -0.15) is 4.68 Å². The molecule has 0 bridgehead atoms. The molecule has 2 aliphatic heterocycles. The number of nitrogens with one attached hydrogen (secondary N) is 1. The fourth-order valence-electron chi connectivity index (χ4n) is 3.33. The number of thioether (sulfide) groups is 1. The molecular formula is C17H25N6O2S2+. The predicted octanol–water partition coefficient (Wildman–Crippen LogP) is 1.07. The Morgan fingerprint density at radius 1 is 1.22 bits per heavy atom. The number of aromatic nitrogens is 4. The van der Waals surface area contributed by atoms with Gasteiger partial charge in [0.05, 0.1) is 19.0 Å². The summed E-state index contributed by atoms with van der Waals surface area (Å²) in [7, 11) is 0. The number of ether oxygens (including phenoxy) is 1. The zero-order valence-corrected chi connectivity index (χ0v) is 17.2. The normalized spacial score (nSPS) is 18.3. The summed E-state index contributed by atoms with van der Waals surface area (Å²) in [5.41, 5.74) is 0.983. The van der Waals surface area contributed by atoms with Gasteiger partial charge < -0.3 is 19.0 Å². The Kier molecular flexibility index (Phi) is 6.06. The van der Waals surface area contributed by atoms with Crippen molar-refractivity contribution in [1.82, 2.24) is 19.7 Å². The van der Waals surface area contributed by atoms with Crippen LogP contribution in [0.3, 0.4) is 0 Å². The van der Waals surface area contributed by atoms with Gasteiger partial charge in [-0.15, -0.1) is 5.10 Å². The van der Waals surface area contributed by atoms with Crippen molar-refractivity contribution in [2.75, 3.05) is 44.3 Å². The van der Waals surface area contributed by atoms with E-state index in [0.717, 1.165) is 62.7 Å². The first-order valence-corrected chi connectivity index (χ1v) is 10.8. The van der Waals surface area contributed by atoms with E-state index in [2.05, 4.69) is 15.0 Å². The molecule has 0 amide bonds. The Morgan fingerprint density at radius 2 is 2.00 bits per heavy atom. The summed E-state index contributed by atoms with van der Waals surface area (Å²) in [4.78, 5) is 13.4. The molecule has 4 heterocycles. The van der Waals surface area contributed by atoms with Gasteiger partial charge in [0.2, 0.25) is 11.8 Å². The van der Waals surface area contributed by atoms with E-state index in [1.54, 1.807) is 16.4 Å². The molecule has 0 spiro atoms. The summed E-state index contributed by atoms with van der Waals surface area (Å²) in [5.74, 6) is 2.07. The maximum absolute atomic E-state index is 5.69. The van der Waals surface area contributed by atoms with Gasteiger partial charge in [0.1, 0.15) is 18.1 Å². The van der Waals surface area contributed by atoms with Crippen molar-refractivity contribution in [1.29, 1.82) is 0 Å². The predicted molar refractivity (Wildman–Crippen MR) is 105 cm³/mol. The molecular weight excluding hydrogens is 384 g/mol. The molecule has 0 radical (unpaired) electrons. The first kappa shape index (κ1) is 18.9. The largest absolute Gasteiger partial charge is 0.413 e. The Labute approximate surface area is 167 Å². The van der Waals surface area contributed by atoms with E-state index in [0.29, 0.717) is 16.5 Å². The fourth-order valence-corrected chi connectivity index (χ4v) is 4.32. The van der Waals surface area contributed by atoms with E-state index in [-0.39, 0.29) is 0 Å². The number of quaternary nitrogens is 1. The number of aryl methyl sites for hydroxylation is 1. The van der Waals surface area contributed by atoms with Crippen molar-refractivity contribution in [3.63, 3.8) is 0 Å². The highest BCUT2D eigenvalue weighted by Gasteiger charge is 2.18. The standard InChI is InChI=1S/C17H24N6O2S2/c1-13-10-15(19-16(18-13)22-4-2-3-5-22)27-11-14-20-23(17(26)25-14)12-21-6-8-24-9-7-21/h10H,2-9,11-12H2,1H3/p+1. The van der Waals surface area contributed by atoms with E-state index in [9.17, 15) is 0 Å². The second-order valence-electron chi connectivity index (χ2n) is 6.91. The average Bonchev–Trinajstić information content (AvgIpc) is 3.31. The second-order valence-corrected chi connectivity index (χ2v) is 8.26. The summed E-state index contributed by atoms with van der Waals surface area (Å²) in [5, 5.41) is 5.49. The zero-order chi connectivity index (χ0) is 18.6. The van der Waals surface area contributed by atoms with Crippen LogP contribution in [0.4, 0.5) is 5.95 Å². The monoisotopic (exact) mass is 409 g/mol. The van der Waals surface area contributed by atoms with Gasteiger partial charge in [-0.05, 0) is 38.0 Å². The van der Waals surface area contributed by atoms with Crippen LogP contribution in [-0.4, -0.2) is 59.1 Å². The van der Waals surface area contributed by atoms with Crippen LogP contribution in [0.15, 0.2) is 15.5 Å². The summed E-state index contributed by atoms with van der Waals surface area (Å²) >= 11 is 6.94. The number of rotatable bonds is 6. The van der Waals surface area contributed by atoms with Crippen molar-refractivity contribution in [3.8, 4) is 0 Å². The molecule has 27 heavy (non-hydrogen) atoms. The third-order valence-corrected chi connectivity index (χ3v) is 5.96. The molecule has 4 rings (SSSR count). The minimum atomic E-state index is 0.432. The molecule has 0 aromatic carbocycles. The Bertz CT molecular complexity index is 827. The van der Waals surface area contributed by atoms with Crippen LogP contribution in [0.5, 0.6) is 0 Å². The molecule has 2 aromatic rings. The molecule has 2 saturated heterocycles. The molecule has 8 nitrogen and oxygen atoms in total. The summed E-state index contributed by atoms with van der Waals surface area (Å²) in [6, 6.07) is 2.01. The van der Waals surface area contributed by atoms with Gasteiger partial charge in [-0.1, -0.05) is 11.8 Å². The molecule has 0 aliphatic carbocycles. The lowest BCUT2D eigenvalue weighted by Crippen LogP contribution is -3.13.